The fraction of sp³-hybridized carbons (Fsp3) is 0. The molecule has 5 rings (SSSR count). The normalized spacial score (nSPS) is 10.9. The summed E-state index contributed by atoms with van der Waals surface area (Å²) in [6.07, 6.45) is 0. The minimum absolute atomic E-state index is 0.283. The summed E-state index contributed by atoms with van der Waals surface area (Å²) in [5, 5.41) is 14.7. The molecule has 0 radical (unpaired) electrons. The Morgan fingerprint density at radius 2 is 1.43 bits per heavy atom. The predicted molar refractivity (Wildman–Crippen MR) is 123 cm³/mol. The van der Waals surface area contributed by atoms with Crippen LogP contribution in [0.2, 0.25) is 0 Å². The van der Waals surface area contributed by atoms with E-state index in [4.69, 9.17) is 4.98 Å². The van der Waals surface area contributed by atoms with Crippen molar-refractivity contribution in [1.82, 2.24) is 4.98 Å². The van der Waals surface area contributed by atoms with E-state index in [1.807, 2.05) is 36.4 Å². The lowest BCUT2D eigenvalue weighted by Crippen LogP contribution is -1.95. The number of nitrogens with zero attached hydrogens (tertiary/aromatic N) is 1. The number of aromatic nitrogens is 1. The molecule has 0 atom stereocenters. The smallest absolute Gasteiger partial charge is 0.335 e. The minimum Gasteiger partial charge on any atom is -0.478 e. The zero-order chi connectivity index (χ0) is 20.5. The highest BCUT2D eigenvalue weighted by atomic mass is 32.1. The average molecular weight is 407 g/mol. The van der Waals surface area contributed by atoms with Crippen molar-refractivity contribution >= 4 is 28.1 Å². The number of rotatable bonds is 4. The molecule has 0 unspecified atom stereocenters. The number of benzene rings is 4. The lowest BCUT2D eigenvalue weighted by molar-refractivity contribution is 0.0697. The number of fused-ring (bicyclic) bond motifs is 1. The van der Waals surface area contributed by atoms with Gasteiger partial charge in [0.05, 0.1) is 11.3 Å². The monoisotopic (exact) mass is 407 g/mol. The molecule has 3 nitrogen and oxygen atoms in total. The van der Waals surface area contributed by atoms with E-state index < -0.39 is 5.97 Å². The van der Waals surface area contributed by atoms with Crippen LogP contribution in [-0.2, 0) is 0 Å². The third-order valence-electron chi connectivity index (χ3n) is 5.10. The second-order valence-electron chi connectivity index (χ2n) is 7.07. The molecule has 1 heterocycles. The maximum absolute atomic E-state index is 11.3. The highest BCUT2D eigenvalue weighted by Crippen LogP contribution is 2.32. The summed E-state index contributed by atoms with van der Waals surface area (Å²) in [7, 11) is 0. The van der Waals surface area contributed by atoms with Crippen LogP contribution in [-0.4, -0.2) is 16.1 Å². The molecule has 0 aliphatic rings. The van der Waals surface area contributed by atoms with Gasteiger partial charge in [0.15, 0.2) is 0 Å². The molecule has 4 heteroatoms. The molecule has 1 N–H and O–H groups in total. The minimum atomic E-state index is -0.924. The van der Waals surface area contributed by atoms with Crippen LogP contribution in [0.5, 0.6) is 0 Å². The Morgan fingerprint density at radius 3 is 2.27 bits per heavy atom. The largest absolute Gasteiger partial charge is 0.478 e. The lowest BCUT2D eigenvalue weighted by atomic mass is 10.0. The lowest BCUT2D eigenvalue weighted by Gasteiger charge is -2.05. The third kappa shape index (κ3) is 3.49. The summed E-state index contributed by atoms with van der Waals surface area (Å²) < 4.78 is 0. The van der Waals surface area contributed by atoms with Crippen molar-refractivity contribution < 1.29 is 9.90 Å². The third-order valence-corrected chi connectivity index (χ3v) is 5.99. The van der Waals surface area contributed by atoms with E-state index in [0.717, 1.165) is 33.0 Å². The van der Waals surface area contributed by atoms with Gasteiger partial charge in [-0.2, -0.15) is 0 Å². The molecule has 0 saturated heterocycles. The van der Waals surface area contributed by atoms with Crippen molar-refractivity contribution in [2.45, 2.75) is 0 Å². The Kier molecular flexibility index (Phi) is 4.62. The summed E-state index contributed by atoms with van der Waals surface area (Å²) in [5.74, 6) is -0.924. The number of carboxylic acid groups (broad SMARTS) is 1. The molecule has 0 fully saturated rings. The fourth-order valence-electron chi connectivity index (χ4n) is 3.55. The molecule has 0 amide bonds. The standard InChI is InChI=1S/C26H17NO2S/c28-26(29)23-10-4-8-20(15-23)19-7-3-9-21(13-19)24-16-30-25(27-24)22-12-11-17-5-1-2-6-18(17)14-22/h1-16H,(H,28,29). The van der Waals surface area contributed by atoms with Gasteiger partial charge in [0.25, 0.3) is 0 Å². The molecule has 30 heavy (non-hydrogen) atoms. The topological polar surface area (TPSA) is 50.2 Å². The SMILES string of the molecule is O=C(O)c1cccc(-c2cccc(-c3csc(-c4ccc5ccccc5c4)n3)c2)c1. The van der Waals surface area contributed by atoms with E-state index in [-0.39, 0.29) is 5.56 Å². The number of hydrogen-bond donors (Lipinski definition) is 1. The van der Waals surface area contributed by atoms with Gasteiger partial charge in [-0.05, 0) is 46.2 Å². The Morgan fingerprint density at radius 1 is 0.700 bits per heavy atom. The number of aromatic carboxylic acids is 1. The summed E-state index contributed by atoms with van der Waals surface area (Å²) in [6.45, 7) is 0. The molecule has 144 valence electrons. The summed E-state index contributed by atoms with van der Waals surface area (Å²) in [5.41, 5.74) is 5.16. The molecular formula is C26H17NO2S. The molecule has 1 aromatic heterocycles. The highest BCUT2D eigenvalue weighted by molar-refractivity contribution is 7.13. The number of carboxylic acids is 1. The summed E-state index contributed by atoms with van der Waals surface area (Å²) in [4.78, 5) is 16.1. The van der Waals surface area contributed by atoms with Crippen LogP contribution >= 0.6 is 11.3 Å². The highest BCUT2D eigenvalue weighted by Gasteiger charge is 2.10. The van der Waals surface area contributed by atoms with Gasteiger partial charge in [-0.3, -0.25) is 0 Å². The first kappa shape index (κ1) is 18.3. The van der Waals surface area contributed by atoms with E-state index in [1.54, 1.807) is 29.5 Å². The van der Waals surface area contributed by atoms with Crippen LogP contribution in [0.4, 0.5) is 0 Å². The molecule has 0 spiro atoms. The zero-order valence-electron chi connectivity index (χ0n) is 15.9. The van der Waals surface area contributed by atoms with Crippen LogP contribution < -0.4 is 0 Å². The van der Waals surface area contributed by atoms with Crippen LogP contribution in [0.3, 0.4) is 0 Å². The molecule has 0 aliphatic carbocycles. The van der Waals surface area contributed by atoms with Gasteiger partial charge in [0.1, 0.15) is 5.01 Å². The first-order valence-corrected chi connectivity index (χ1v) is 10.4. The second-order valence-corrected chi connectivity index (χ2v) is 7.92. The van der Waals surface area contributed by atoms with Crippen molar-refractivity contribution in [3.63, 3.8) is 0 Å². The first-order chi connectivity index (χ1) is 14.7. The van der Waals surface area contributed by atoms with Gasteiger partial charge in [0.2, 0.25) is 0 Å². The predicted octanol–water partition coefficient (Wildman–Crippen LogP) is 7.00. The molecule has 0 saturated carbocycles. The van der Waals surface area contributed by atoms with Gasteiger partial charge in [0, 0.05) is 16.5 Å². The Bertz CT molecular complexity index is 1390. The van der Waals surface area contributed by atoms with Crippen molar-refractivity contribution in [3.05, 3.63) is 102 Å². The Labute approximate surface area is 177 Å². The molecular weight excluding hydrogens is 390 g/mol. The maximum atomic E-state index is 11.3. The quantitative estimate of drug-likeness (QED) is 0.349. The maximum Gasteiger partial charge on any atom is 0.335 e. The number of hydrogen-bond acceptors (Lipinski definition) is 3. The van der Waals surface area contributed by atoms with Gasteiger partial charge in [-0.25, -0.2) is 9.78 Å². The van der Waals surface area contributed by atoms with Gasteiger partial charge in [-0.1, -0.05) is 66.7 Å². The zero-order valence-corrected chi connectivity index (χ0v) is 16.8. The van der Waals surface area contributed by atoms with Gasteiger partial charge < -0.3 is 5.11 Å². The van der Waals surface area contributed by atoms with Crippen LogP contribution in [0.15, 0.2) is 96.4 Å². The van der Waals surface area contributed by atoms with E-state index in [2.05, 4.69) is 41.8 Å². The van der Waals surface area contributed by atoms with E-state index in [0.29, 0.717) is 0 Å². The average Bonchev–Trinajstić information content (AvgIpc) is 3.29. The van der Waals surface area contributed by atoms with Crippen molar-refractivity contribution in [2.24, 2.45) is 0 Å². The second kappa shape index (κ2) is 7.58. The van der Waals surface area contributed by atoms with Crippen molar-refractivity contribution in [3.8, 4) is 33.0 Å². The van der Waals surface area contributed by atoms with E-state index in [1.165, 1.54) is 10.8 Å². The summed E-state index contributed by atoms with van der Waals surface area (Å²) >= 11 is 1.63. The molecule has 0 bridgehead atoms. The Balaban J connectivity index is 1.50. The summed E-state index contributed by atoms with van der Waals surface area (Å²) in [6, 6.07) is 29.8. The number of thiazole rings is 1. The van der Waals surface area contributed by atoms with Gasteiger partial charge in [-0.15, -0.1) is 11.3 Å². The fourth-order valence-corrected chi connectivity index (χ4v) is 4.38. The Hall–Kier alpha value is -3.76. The van der Waals surface area contributed by atoms with Gasteiger partial charge >= 0.3 is 5.97 Å². The van der Waals surface area contributed by atoms with Crippen molar-refractivity contribution in [2.75, 3.05) is 0 Å². The van der Waals surface area contributed by atoms with E-state index in [9.17, 15) is 9.90 Å². The van der Waals surface area contributed by atoms with Crippen molar-refractivity contribution in [1.29, 1.82) is 0 Å². The van der Waals surface area contributed by atoms with E-state index >= 15 is 0 Å². The molecule has 4 aromatic carbocycles. The van der Waals surface area contributed by atoms with Crippen LogP contribution in [0, 0.1) is 0 Å². The molecule has 0 aliphatic heterocycles. The number of carbonyl (C=O) groups is 1. The molecule has 5 aromatic rings. The first-order valence-electron chi connectivity index (χ1n) is 9.56. The van der Waals surface area contributed by atoms with Crippen LogP contribution in [0.25, 0.3) is 43.7 Å². The van der Waals surface area contributed by atoms with Crippen LogP contribution in [0.1, 0.15) is 10.4 Å².